The van der Waals surface area contributed by atoms with Crippen LogP contribution >= 0.6 is 0 Å². The smallest absolute Gasteiger partial charge is 0.0367 e. The van der Waals surface area contributed by atoms with Crippen LogP contribution in [0.4, 0.5) is 5.69 Å². The third-order valence-corrected chi connectivity index (χ3v) is 5.61. The molecule has 0 unspecified atom stereocenters. The van der Waals surface area contributed by atoms with Crippen LogP contribution in [0, 0.1) is 11.8 Å². The topological polar surface area (TPSA) is 6.48 Å². The minimum Gasteiger partial charge on any atom is -0.369 e. The minimum absolute atomic E-state index is 0.927. The van der Waals surface area contributed by atoms with Gasteiger partial charge in [-0.15, -0.1) is 0 Å². The molecule has 4 rings (SSSR count). The molecule has 19 heavy (non-hydrogen) atoms. The molecule has 0 radical (unpaired) electrons. The second kappa shape index (κ2) is 4.82. The maximum atomic E-state index is 2.79. The first kappa shape index (κ1) is 11.8. The molecule has 3 atom stereocenters. The monoisotopic (exact) mass is 256 g/mol. The zero-order valence-corrected chi connectivity index (χ0v) is 11.7. The Bertz CT molecular complexity index is 422. The number of anilines is 1. The Labute approximate surface area is 116 Å². The second-order valence-electron chi connectivity index (χ2n) is 6.60. The summed E-state index contributed by atoms with van der Waals surface area (Å²) in [5.41, 5.74) is 1.40. The van der Waals surface area contributed by atoms with Gasteiger partial charge in [-0.3, -0.25) is 4.90 Å². The molecular weight excluding hydrogens is 232 g/mol. The molecule has 0 spiro atoms. The summed E-state index contributed by atoms with van der Waals surface area (Å²) in [5, 5.41) is 0. The molecule has 1 aromatic carbocycles. The van der Waals surface area contributed by atoms with Crippen LogP contribution in [0.5, 0.6) is 0 Å². The van der Waals surface area contributed by atoms with E-state index in [4.69, 9.17) is 0 Å². The number of nitrogens with zero attached hydrogens (tertiary/aromatic N) is 2. The van der Waals surface area contributed by atoms with Crippen LogP contribution in [0.2, 0.25) is 0 Å². The first-order valence-electron chi connectivity index (χ1n) is 7.94. The average Bonchev–Trinajstić information content (AvgIpc) is 3.11. The summed E-state index contributed by atoms with van der Waals surface area (Å²) in [6.07, 6.45) is 6.05. The Morgan fingerprint density at radius 3 is 2.26 bits per heavy atom. The van der Waals surface area contributed by atoms with Crippen LogP contribution < -0.4 is 4.90 Å². The third-order valence-electron chi connectivity index (χ3n) is 5.61. The molecule has 2 aliphatic carbocycles. The van der Waals surface area contributed by atoms with E-state index in [1.807, 2.05) is 0 Å². The molecule has 1 aromatic rings. The van der Waals surface area contributed by atoms with E-state index in [-0.39, 0.29) is 0 Å². The fourth-order valence-electron chi connectivity index (χ4n) is 4.61. The van der Waals surface area contributed by atoms with Crippen LogP contribution in [0.15, 0.2) is 30.3 Å². The van der Waals surface area contributed by atoms with Gasteiger partial charge in [0.1, 0.15) is 0 Å². The Hall–Kier alpha value is -1.02. The van der Waals surface area contributed by atoms with Gasteiger partial charge in [0.25, 0.3) is 0 Å². The summed E-state index contributed by atoms with van der Waals surface area (Å²) in [5.74, 6) is 2.11. The largest absolute Gasteiger partial charge is 0.369 e. The highest BCUT2D eigenvalue weighted by Crippen LogP contribution is 2.46. The molecule has 0 N–H and O–H groups in total. The lowest BCUT2D eigenvalue weighted by Crippen LogP contribution is -2.51. The Kier molecular flexibility index (Phi) is 2.99. The van der Waals surface area contributed by atoms with Crippen LogP contribution in [0.1, 0.15) is 25.7 Å². The number of hydrogen-bond acceptors (Lipinski definition) is 2. The van der Waals surface area contributed by atoms with Gasteiger partial charge in [0.2, 0.25) is 0 Å². The molecule has 1 saturated heterocycles. The number of para-hydroxylation sites is 1. The summed E-state index contributed by atoms with van der Waals surface area (Å²) < 4.78 is 0. The Morgan fingerprint density at radius 1 is 0.842 bits per heavy atom. The van der Waals surface area contributed by atoms with E-state index in [1.54, 1.807) is 0 Å². The van der Waals surface area contributed by atoms with Gasteiger partial charge < -0.3 is 4.90 Å². The molecule has 3 aliphatic rings. The standard InChI is InChI=1S/C17H24N2/c1-2-4-16(5-3-1)18-8-10-19(11-9-18)17-13-14-6-7-15(17)12-14/h1-5,14-15,17H,6-13H2/t14-,15-,17-/m1/s1. The number of benzene rings is 1. The van der Waals surface area contributed by atoms with E-state index in [2.05, 4.69) is 40.1 Å². The van der Waals surface area contributed by atoms with Crippen molar-refractivity contribution in [1.82, 2.24) is 4.90 Å². The third kappa shape index (κ3) is 2.16. The van der Waals surface area contributed by atoms with E-state index in [9.17, 15) is 0 Å². The van der Waals surface area contributed by atoms with E-state index in [0.717, 1.165) is 17.9 Å². The highest BCUT2D eigenvalue weighted by atomic mass is 15.3. The SMILES string of the molecule is c1ccc(N2CCN([C@@H]3C[C@@H]4CC[C@@H]3C4)CC2)cc1. The van der Waals surface area contributed by atoms with Crippen LogP contribution in [-0.4, -0.2) is 37.1 Å². The summed E-state index contributed by atoms with van der Waals surface area (Å²) in [6.45, 7) is 4.95. The minimum atomic E-state index is 0.927. The van der Waals surface area contributed by atoms with E-state index >= 15 is 0 Å². The van der Waals surface area contributed by atoms with Crippen molar-refractivity contribution < 1.29 is 0 Å². The molecule has 0 aromatic heterocycles. The van der Waals surface area contributed by atoms with Gasteiger partial charge in [0.15, 0.2) is 0 Å². The maximum Gasteiger partial charge on any atom is 0.0367 e. The lowest BCUT2D eigenvalue weighted by atomic mass is 9.93. The molecule has 2 bridgehead atoms. The number of hydrogen-bond donors (Lipinski definition) is 0. The molecule has 2 saturated carbocycles. The first-order valence-corrected chi connectivity index (χ1v) is 7.94. The van der Waals surface area contributed by atoms with Crippen molar-refractivity contribution in [2.75, 3.05) is 31.1 Å². The second-order valence-corrected chi connectivity index (χ2v) is 6.60. The predicted molar refractivity (Wildman–Crippen MR) is 79.5 cm³/mol. The number of fused-ring (bicyclic) bond motifs is 2. The summed E-state index contributed by atoms with van der Waals surface area (Å²) in [4.78, 5) is 5.34. The van der Waals surface area contributed by atoms with Gasteiger partial charge >= 0.3 is 0 Å². The lowest BCUT2D eigenvalue weighted by molar-refractivity contribution is 0.135. The zero-order valence-electron chi connectivity index (χ0n) is 11.7. The van der Waals surface area contributed by atoms with Crippen molar-refractivity contribution in [3.63, 3.8) is 0 Å². The average molecular weight is 256 g/mol. The van der Waals surface area contributed by atoms with Gasteiger partial charge in [-0.25, -0.2) is 0 Å². The van der Waals surface area contributed by atoms with E-state index in [1.165, 1.54) is 57.5 Å². The fourth-order valence-corrected chi connectivity index (χ4v) is 4.61. The molecule has 1 heterocycles. The maximum absolute atomic E-state index is 2.79. The van der Waals surface area contributed by atoms with E-state index in [0.29, 0.717) is 0 Å². The van der Waals surface area contributed by atoms with Crippen LogP contribution in [0.3, 0.4) is 0 Å². The number of rotatable bonds is 2. The molecular formula is C17H24N2. The Balaban J connectivity index is 1.38. The van der Waals surface area contributed by atoms with Crippen molar-refractivity contribution in [3.8, 4) is 0 Å². The van der Waals surface area contributed by atoms with Gasteiger partial charge in [0.05, 0.1) is 0 Å². The van der Waals surface area contributed by atoms with Crippen molar-refractivity contribution in [1.29, 1.82) is 0 Å². The van der Waals surface area contributed by atoms with Crippen LogP contribution in [0.25, 0.3) is 0 Å². The first-order chi connectivity index (χ1) is 9.40. The number of piperazine rings is 1. The highest BCUT2D eigenvalue weighted by molar-refractivity contribution is 5.46. The fraction of sp³-hybridized carbons (Fsp3) is 0.647. The summed E-state index contributed by atoms with van der Waals surface area (Å²) in [6, 6.07) is 11.8. The van der Waals surface area contributed by atoms with Gasteiger partial charge in [0, 0.05) is 37.9 Å². The molecule has 102 valence electrons. The predicted octanol–water partition coefficient (Wildman–Crippen LogP) is 3.00. The molecule has 3 fully saturated rings. The molecule has 0 amide bonds. The Morgan fingerprint density at radius 2 is 1.63 bits per heavy atom. The summed E-state index contributed by atoms with van der Waals surface area (Å²) in [7, 11) is 0. The highest BCUT2D eigenvalue weighted by Gasteiger charge is 2.42. The van der Waals surface area contributed by atoms with Gasteiger partial charge in [-0.1, -0.05) is 24.6 Å². The molecule has 2 heteroatoms. The van der Waals surface area contributed by atoms with Crippen molar-refractivity contribution in [2.24, 2.45) is 11.8 Å². The van der Waals surface area contributed by atoms with E-state index < -0.39 is 0 Å². The van der Waals surface area contributed by atoms with Crippen molar-refractivity contribution in [2.45, 2.75) is 31.7 Å². The summed E-state index contributed by atoms with van der Waals surface area (Å²) >= 11 is 0. The molecule has 1 aliphatic heterocycles. The van der Waals surface area contributed by atoms with Crippen molar-refractivity contribution in [3.05, 3.63) is 30.3 Å². The zero-order chi connectivity index (χ0) is 12.7. The normalized spacial score (nSPS) is 34.9. The molecule has 2 nitrogen and oxygen atoms in total. The van der Waals surface area contributed by atoms with Gasteiger partial charge in [-0.2, -0.15) is 0 Å². The van der Waals surface area contributed by atoms with Crippen molar-refractivity contribution >= 4 is 5.69 Å². The quantitative estimate of drug-likeness (QED) is 0.802. The lowest BCUT2D eigenvalue weighted by Gasteiger charge is -2.41. The van der Waals surface area contributed by atoms with Crippen LogP contribution in [-0.2, 0) is 0 Å². The van der Waals surface area contributed by atoms with Gasteiger partial charge in [-0.05, 0) is 43.2 Å².